The van der Waals surface area contributed by atoms with Gasteiger partial charge >= 0.3 is 6.09 Å². The molecule has 7 nitrogen and oxygen atoms in total. The lowest BCUT2D eigenvalue weighted by Gasteiger charge is -2.37. The van der Waals surface area contributed by atoms with Gasteiger partial charge in [0.2, 0.25) is 0 Å². The van der Waals surface area contributed by atoms with Gasteiger partial charge in [-0.25, -0.2) is 4.79 Å². The molecule has 0 bridgehead atoms. The van der Waals surface area contributed by atoms with Crippen molar-refractivity contribution in [3.05, 3.63) is 18.0 Å². The highest BCUT2D eigenvalue weighted by Gasteiger charge is 2.48. The fourth-order valence-corrected chi connectivity index (χ4v) is 3.48. The molecule has 0 aromatic carbocycles. The van der Waals surface area contributed by atoms with Gasteiger partial charge in [0.05, 0.1) is 6.54 Å². The molecule has 0 radical (unpaired) electrons. The fourth-order valence-electron chi connectivity index (χ4n) is 3.48. The third-order valence-corrected chi connectivity index (χ3v) is 4.93. The molecule has 1 aromatic heterocycles. The highest BCUT2D eigenvalue weighted by atomic mass is 16.6. The number of carbonyl (C=O) groups excluding carboxylic acids is 2. The van der Waals surface area contributed by atoms with Crippen LogP contribution in [-0.2, 0) is 4.74 Å². The minimum atomic E-state index is -0.427. The summed E-state index contributed by atoms with van der Waals surface area (Å²) in [5, 5.41) is 6.52. The molecule has 0 saturated carbocycles. The van der Waals surface area contributed by atoms with Gasteiger partial charge in [-0.1, -0.05) is 13.3 Å². The van der Waals surface area contributed by atoms with Crippen LogP contribution in [0.15, 0.2) is 12.3 Å². The maximum atomic E-state index is 12.3. The van der Waals surface area contributed by atoms with Crippen LogP contribution in [0.4, 0.5) is 4.79 Å². The van der Waals surface area contributed by atoms with Gasteiger partial charge in [0.1, 0.15) is 11.3 Å². The summed E-state index contributed by atoms with van der Waals surface area (Å²) in [5.41, 5.74) is 0.0756. The van der Waals surface area contributed by atoms with E-state index in [4.69, 9.17) is 4.74 Å². The van der Waals surface area contributed by atoms with Crippen molar-refractivity contribution >= 4 is 12.0 Å². The summed E-state index contributed by atoms with van der Waals surface area (Å²) in [6, 6.07) is 1.88. The van der Waals surface area contributed by atoms with Gasteiger partial charge < -0.3 is 14.5 Å². The van der Waals surface area contributed by atoms with E-state index in [9.17, 15) is 9.59 Å². The van der Waals surface area contributed by atoms with Gasteiger partial charge in [-0.2, -0.15) is 5.10 Å². The third kappa shape index (κ3) is 3.04. The van der Waals surface area contributed by atoms with Crippen LogP contribution in [0.2, 0.25) is 0 Å². The van der Waals surface area contributed by atoms with E-state index in [0.717, 1.165) is 12.8 Å². The maximum Gasteiger partial charge on any atom is 0.410 e. The third-order valence-electron chi connectivity index (χ3n) is 4.93. The Labute approximate surface area is 136 Å². The van der Waals surface area contributed by atoms with Crippen molar-refractivity contribution in [3.8, 4) is 0 Å². The quantitative estimate of drug-likeness (QED) is 0.920. The number of hydrogen-bond donors (Lipinski definition) is 1. The van der Waals surface area contributed by atoms with Crippen LogP contribution in [-0.4, -0.2) is 63.3 Å². The summed E-state index contributed by atoms with van der Waals surface area (Å²) in [4.78, 5) is 28.1. The molecule has 0 aliphatic carbocycles. The molecule has 2 saturated heterocycles. The summed E-state index contributed by atoms with van der Waals surface area (Å²) < 4.78 is 5.72. The van der Waals surface area contributed by atoms with E-state index in [1.807, 2.05) is 4.90 Å². The molecular formula is C16H24N4O3. The molecule has 1 spiro atoms. The van der Waals surface area contributed by atoms with Crippen LogP contribution in [0.3, 0.4) is 0 Å². The highest BCUT2D eigenvalue weighted by Crippen LogP contribution is 2.35. The number of rotatable bonds is 4. The summed E-state index contributed by atoms with van der Waals surface area (Å²) in [5.74, 6) is -0.0436. The first-order valence-corrected chi connectivity index (χ1v) is 8.33. The van der Waals surface area contributed by atoms with E-state index in [1.54, 1.807) is 17.2 Å². The number of nitrogens with zero attached hydrogens (tertiary/aromatic N) is 3. The zero-order chi connectivity index (χ0) is 16.4. The lowest BCUT2D eigenvalue weighted by Crippen LogP contribution is -2.49. The Balaban J connectivity index is 1.60. The Morgan fingerprint density at radius 3 is 2.83 bits per heavy atom. The molecule has 1 atom stereocenters. The van der Waals surface area contributed by atoms with E-state index in [0.29, 0.717) is 38.2 Å². The van der Waals surface area contributed by atoms with Gasteiger partial charge in [0.25, 0.3) is 5.91 Å². The topological polar surface area (TPSA) is 78.5 Å². The molecule has 126 valence electrons. The molecule has 2 fully saturated rings. The number of likely N-dealkylation sites (tertiary alicyclic amines) is 1. The predicted octanol–water partition coefficient (Wildman–Crippen LogP) is 2.03. The largest absolute Gasteiger partial charge is 0.441 e. The number of nitrogens with one attached hydrogen (secondary N) is 1. The summed E-state index contributed by atoms with van der Waals surface area (Å²) >= 11 is 0. The smallest absolute Gasteiger partial charge is 0.410 e. The number of ether oxygens (including phenoxy) is 1. The van der Waals surface area contributed by atoms with Crippen molar-refractivity contribution < 1.29 is 14.3 Å². The summed E-state index contributed by atoms with van der Waals surface area (Å²) in [6.07, 6.45) is 4.77. The van der Waals surface area contributed by atoms with Crippen molar-refractivity contribution in [2.24, 2.45) is 0 Å². The standard InChI is InChI=1S/C16H24N4O3/c1-3-4-12(2)20-11-16(23-15(20)22)6-9-19(10-7-16)14(21)13-5-8-17-18-13/h5,8,12H,3-4,6-7,9-11H2,1-2H3,(H,17,18). The average Bonchev–Trinajstić information content (AvgIpc) is 3.16. The number of amides is 2. The van der Waals surface area contributed by atoms with Crippen molar-refractivity contribution in [1.82, 2.24) is 20.0 Å². The van der Waals surface area contributed by atoms with E-state index < -0.39 is 5.60 Å². The average molecular weight is 320 g/mol. The molecule has 3 heterocycles. The van der Waals surface area contributed by atoms with Gasteiger partial charge in [0, 0.05) is 38.2 Å². The zero-order valence-electron chi connectivity index (χ0n) is 13.7. The van der Waals surface area contributed by atoms with Crippen molar-refractivity contribution in [2.75, 3.05) is 19.6 Å². The number of hydrogen-bond acceptors (Lipinski definition) is 4. The highest BCUT2D eigenvalue weighted by molar-refractivity contribution is 5.92. The lowest BCUT2D eigenvalue weighted by atomic mass is 9.90. The van der Waals surface area contributed by atoms with Crippen LogP contribution in [0, 0.1) is 0 Å². The molecule has 2 aliphatic heterocycles. The Bertz CT molecular complexity index is 564. The second-order valence-corrected chi connectivity index (χ2v) is 6.58. The monoisotopic (exact) mass is 320 g/mol. The van der Waals surface area contributed by atoms with Crippen molar-refractivity contribution in [2.45, 2.75) is 51.2 Å². The normalized spacial score (nSPS) is 21.6. The Hall–Kier alpha value is -2.05. The SMILES string of the molecule is CCCC(C)N1CC2(CCN(C(=O)c3ccn[nH]3)CC2)OC1=O. The first kappa shape index (κ1) is 15.8. The van der Waals surface area contributed by atoms with E-state index >= 15 is 0 Å². The first-order chi connectivity index (χ1) is 11.0. The summed E-state index contributed by atoms with van der Waals surface area (Å²) in [7, 11) is 0. The summed E-state index contributed by atoms with van der Waals surface area (Å²) in [6.45, 7) is 6.02. The van der Waals surface area contributed by atoms with Crippen LogP contribution >= 0.6 is 0 Å². The maximum absolute atomic E-state index is 12.3. The second kappa shape index (κ2) is 6.22. The number of aromatic amines is 1. The van der Waals surface area contributed by atoms with Crippen molar-refractivity contribution in [1.29, 1.82) is 0 Å². The van der Waals surface area contributed by atoms with Crippen LogP contribution in [0.1, 0.15) is 50.0 Å². The van der Waals surface area contributed by atoms with Crippen LogP contribution in [0.25, 0.3) is 0 Å². The number of aromatic nitrogens is 2. The predicted molar refractivity (Wildman–Crippen MR) is 84.0 cm³/mol. The molecule has 7 heteroatoms. The zero-order valence-corrected chi connectivity index (χ0v) is 13.7. The van der Waals surface area contributed by atoms with Crippen LogP contribution < -0.4 is 0 Å². The Morgan fingerprint density at radius 1 is 1.48 bits per heavy atom. The molecule has 1 N–H and O–H groups in total. The molecule has 3 rings (SSSR count). The minimum absolute atomic E-state index is 0.0436. The molecule has 2 aliphatic rings. The Morgan fingerprint density at radius 2 is 2.22 bits per heavy atom. The van der Waals surface area contributed by atoms with E-state index in [2.05, 4.69) is 24.0 Å². The van der Waals surface area contributed by atoms with E-state index in [1.165, 1.54) is 0 Å². The molecule has 23 heavy (non-hydrogen) atoms. The number of H-pyrrole nitrogens is 1. The fraction of sp³-hybridized carbons (Fsp3) is 0.688. The lowest BCUT2D eigenvalue weighted by molar-refractivity contribution is 0.00290. The molecule has 2 amide bonds. The van der Waals surface area contributed by atoms with Gasteiger partial charge in [0.15, 0.2) is 0 Å². The van der Waals surface area contributed by atoms with Gasteiger partial charge in [-0.05, 0) is 19.4 Å². The van der Waals surface area contributed by atoms with Crippen molar-refractivity contribution in [3.63, 3.8) is 0 Å². The molecule has 1 unspecified atom stereocenters. The number of piperidine rings is 1. The Kier molecular flexibility index (Phi) is 4.28. The first-order valence-electron chi connectivity index (χ1n) is 8.33. The van der Waals surface area contributed by atoms with Gasteiger partial charge in [-0.3, -0.25) is 9.89 Å². The molecular weight excluding hydrogens is 296 g/mol. The van der Waals surface area contributed by atoms with Crippen LogP contribution in [0.5, 0.6) is 0 Å². The van der Waals surface area contributed by atoms with Gasteiger partial charge in [-0.15, -0.1) is 0 Å². The molecule has 1 aromatic rings. The second-order valence-electron chi connectivity index (χ2n) is 6.58. The minimum Gasteiger partial charge on any atom is -0.441 e. The number of carbonyl (C=O) groups is 2. The van der Waals surface area contributed by atoms with E-state index in [-0.39, 0.29) is 18.0 Å².